The van der Waals surface area contributed by atoms with Crippen LogP contribution in [-0.2, 0) is 0 Å². The Morgan fingerprint density at radius 2 is 1.75 bits per heavy atom. The van der Waals surface area contributed by atoms with Crippen LogP contribution in [0, 0.1) is 5.82 Å². The number of nitrogens with zero attached hydrogens (tertiary/aromatic N) is 2. The summed E-state index contributed by atoms with van der Waals surface area (Å²) >= 11 is 0. The molecule has 0 radical (unpaired) electrons. The molecular formula is C16H26FN3. The van der Waals surface area contributed by atoms with Crippen molar-refractivity contribution in [2.24, 2.45) is 5.73 Å². The van der Waals surface area contributed by atoms with Gasteiger partial charge in [-0.05, 0) is 45.4 Å². The first kappa shape index (κ1) is 15.3. The molecule has 1 aliphatic heterocycles. The van der Waals surface area contributed by atoms with Crippen molar-refractivity contribution < 1.29 is 4.39 Å². The summed E-state index contributed by atoms with van der Waals surface area (Å²) in [6, 6.07) is 5.23. The minimum absolute atomic E-state index is 0.128. The third kappa shape index (κ3) is 3.30. The minimum atomic E-state index is -0.163. The second kappa shape index (κ2) is 5.70. The maximum Gasteiger partial charge on any atom is 0.146 e. The molecule has 1 heterocycles. The van der Waals surface area contributed by atoms with Crippen LogP contribution in [0.15, 0.2) is 18.2 Å². The summed E-state index contributed by atoms with van der Waals surface area (Å²) in [6.45, 7) is 12.2. The number of nitrogens with two attached hydrogens (primary N) is 1. The van der Waals surface area contributed by atoms with Crippen LogP contribution in [0.3, 0.4) is 0 Å². The molecule has 1 atom stereocenters. The maximum atomic E-state index is 14.2. The number of halogens is 1. The molecule has 1 fully saturated rings. The second-order valence-electron chi connectivity index (χ2n) is 6.64. The Morgan fingerprint density at radius 1 is 1.15 bits per heavy atom. The van der Waals surface area contributed by atoms with E-state index in [-0.39, 0.29) is 17.4 Å². The third-order valence-corrected chi connectivity index (χ3v) is 4.07. The minimum Gasteiger partial charge on any atom is -0.367 e. The second-order valence-corrected chi connectivity index (χ2v) is 6.64. The van der Waals surface area contributed by atoms with Gasteiger partial charge in [0.1, 0.15) is 5.82 Å². The van der Waals surface area contributed by atoms with Crippen LogP contribution in [0.2, 0.25) is 0 Å². The van der Waals surface area contributed by atoms with Crippen molar-refractivity contribution in [2.45, 2.75) is 39.3 Å². The lowest BCUT2D eigenvalue weighted by molar-refractivity contribution is 0.128. The van der Waals surface area contributed by atoms with Gasteiger partial charge in [-0.15, -0.1) is 0 Å². The Morgan fingerprint density at radius 3 is 2.20 bits per heavy atom. The zero-order chi connectivity index (χ0) is 14.9. The Balaban J connectivity index is 2.07. The largest absolute Gasteiger partial charge is 0.367 e. The number of rotatable bonds is 2. The first-order valence-corrected chi connectivity index (χ1v) is 7.34. The fourth-order valence-corrected chi connectivity index (χ4v) is 2.68. The van der Waals surface area contributed by atoms with E-state index in [2.05, 4.69) is 30.6 Å². The van der Waals surface area contributed by atoms with Gasteiger partial charge in [-0.3, -0.25) is 4.90 Å². The van der Waals surface area contributed by atoms with E-state index in [1.807, 2.05) is 19.1 Å². The Bertz CT molecular complexity index is 457. The molecule has 20 heavy (non-hydrogen) atoms. The van der Waals surface area contributed by atoms with E-state index in [9.17, 15) is 4.39 Å². The molecule has 1 aliphatic rings. The first-order chi connectivity index (χ1) is 9.29. The highest BCUT2D eigenvalue weighted by atomic mass is 19.1. The molecule has 0 unspecified atom stereocenters. The lowest BCUT2D eigenvalue weighted by Gasteiger charge is -2.43. The standard InChI is InChI=1S/C16H26FN3/c1-12(18)13-5-6-15(14(17)11-13)19-7-9-20(10-8-19)16(2,3)4/h5-6,11-12H,7-10,18H2,1-4H3/t12-/m1/s1. The molecule has 0 aromatic heterocycles. The molecular weight excluding hydrogens is 253 g/mol. The summed E-state index contributed by atoms with van der Waals surface area (Å²) in [5.74, 6) is -0.163. The smallest absolute Gasteiger partial charge is 0.146 e. The molecule has 2 N–H and O–H groups in total. The van der Waals surface area contributed by atoms with E-state index in [4.69, 9.17) is 5.73 Å². The van der Waals surface area contributed by atoms with Crippen LogP contribution in [-0.4, -0.2) is 36.6 Å². The summed E-state index contributed by atoms with van der Waals surface area (Å²) in [7, 11) is 0. The van der Waals surface area contributed by atoms with E-state index < -0.39 is 0 Å². The molecule has 0 saturated carbocycles. The first-order valence-electron chi connectivity index (χ1n) is 7.34. The van der Waals surface area contributed by atoms with Crippen LogP contribution >= 0.6 is 0 Å². The van der Waals surface area contributed by atoms with E-state index >= 15 is 0 Å². The van der Waals surface area contributed by atoms with E-state index in [0.29, 0.717) is 5.69 Å². The average molecular weight is 279 g/mol. The third-order valence-electron chi connectivity index (χ3n) is 4.07. The summed E-state index contributed by atoms with van der Waals surface area (Å²) < 4.78 is 14.2. The SMILES string of the molecule is C[C@@H](N)c1ccc(N2CCN(C(C)(C)C)CC2)c(F)c1. The number of hydrogen-bond acceptors (Lipinski definition) is 3. The average Bonchev–Trinajstić information content (AvgIpc) is 2.37. The summed E-state index contributed by atoms with van der Waals surface area (Å²) in [4.78, 5) is 4.57. The molecule has 0 spiro atoms. The van der Waals surface area contributed by atoms with Gasteiger partial charge in [0.05, 0.1) is 5.69 Å². The van der Waals surface area contributed by atoms with Gasteiger partial charge < -0.3 is 10.6 Å². The fraction of sp³-hybridized carbons (Fsp3) is 0.625. The van der Waals surface area contributed by atoms with Gasteiger partial charge in [0.15, 0.2) is 0 Å². The molecule has 3 nitrogen and oxygen atoms in total. The molecule has 112 valence electrons. The highest BCUT2D eigenvalue weighted by Crippen LogP contribution is 2.25. The van der Waals surface area contributed by atoms with Gasteiger partial charge >= 0.3 is 0 Å². The van der Waals surface area contributed by atoms with Crippen LogP contribution < -0.4 is 10.6 Å². The van der Waals surface area contributed by atoms with Crippen molar-refractivity contribution >= 4 is 5.69 Å². The zero-order valence-electron chi connectivity index (χ0n) is 13.0. The Hall–Kier alpha value is -1.13. The number of anilines is 1. The van der Waals surface area contributed by atoms with Crippen molar-refractivity contribution in [3.8, 4) is 0 Å². The van der Waals surface area contributed by atoms with E-state index in [0.717, 1.165) is 31.7 Å². The number of piperazine rings is 1. The molecule has 1 aromatic rings. The van der Waals surface area contributed by atoms with Crippen LogP contribution in [0.4, 0.5) is 10.1 Å². The summed E-state index contributed by atoms with van der Waals surface area (Å²) in [5.41, 5.74) is 7.52. The van der Waals surface area contributed by atoms with Gasteiger partial charge in [0.25, 0.3) is 0 Å². The van der Waals surface area contributed by atoms with E-state index in [1.54, 1.807) is 6.07 Å². The van der Waals surface area contributed by atoms with Gasteiger partial charge in [-0.2, -0.15) is 0 Å². The quantitative estimate of drug-likeness (QED) is 0.903. The number of hydrogen-bond donors (Lipinski definition) is 1. The number of benzene rings is 1. The highest BCUT2D eigenvalue weighted by Gasteiger charge is 2.26. The van der Waals surface area contributed by atoms with Crippen molar-refractivity contribution in [2.75, 3.05) is 31.1 Å². The monoisotopic (exact) mass is 279 g/mol. The summed E-state index contributed by atoms with van der Waals surface area (Å²) in [5, 5.41) is 0. The molecule has 4 heteroatoms. The van der Waals surface area contributed by atoms with Gasteiger partial charge in [0.2, 0.25) is 0 Å². The Labute approximate surface area is 121 Å². The van der Waals surface area contributed by atoms with Crippen LogP contribution in [0.5, 0.6) is 0 Å². The lowest BCUT2D eigenvalue weighted by Crippen LogP contribution is -2.53. The molecule has 1 saturated heterocycles. The van der Waals surface area contributed by atoms with Gasteiger partial charge in [0, 0.05) is 37.8 Å². The van der Waals surface area contributed by atoms with Crippen LogP contribution in [0.25, 0.3) is 0 Å². The maximum absolute atomic E-state index is 14.2. The van der Waals surface area contributed by atoms with E-state index in [1.165, 1.54) is 0 Å². The van der Waals surface area contributed by atoms with Crippen molar-refractivity contribution in [3.63, 3.8) is 0 Å². The predicted molar refractivity (Wildman–Crippen MR) is 82.5 cm³/mol. The van der Waals surface area contributed by atoms with Crippen molar-refractivity contribution in [1.82, 2.24) is 4.90 Å². The lowest BCUT2D eigenvalue weighted by atomic mass is 10.0. The summed E-state index contributed by atoms with van der Waals surface area (Å²) in [6.07, 6.45) is 0. The molecule has 0 aliphatic carbocycles. The molecule has 0 bridgehead atoms. The van der Waals surface area contributed by atoms with Crippen molar-refractivity contribution in [1.29, 1.82) is 0 Å². The molecule has 1 aromatic carbocycles. The Kier molecular flexibility index (Phi) is 4.35. The fourth-order valence-electron chi connectivity index (χ4n) is 2.68. The highest BCUT2D eigenvalue weighted by molar-refractivity contribution is 5.50. The van der Waals surface area contributed by atoms with Crippen LogP contribution in [0.1, 0.15) is 39.3 Å². The zero-order valence-corrected chi connectivity index (χ0v) is 13.0. The molecule has 2 rings (SSSR count). The van der Waals surface area contributed by atoms with Gasteiger partial charge in [-0.25, -0.2) is 4.39 Å². The van der Waals surface area contributed by atoms with Gasteiger partial charge in [-0.1, -0.05) is 6.07 Å². The van der Waals surface area contributed by atoms with Crippen molar-refractivity contribution in [3.05, 3.63) is 29.6 Å². The normalized spacial score (nSPS) is 19.2. The topological polar surface area (TPSA) is 32.5 Å². The molecule has 0 amide bonds. The predicted octanol–water partition coefficient (Wildman–Crippen LogP) is 2.77.